The first-order valence-corrected chi connectivity index (χ1v) is 3.95. The van der Waals surface area contributed by atoms with E-state index in [0.717, 1.165) is 11.3 Å². The zero-order valence-corrected chi connectivity index (χ0v) is 6.55. The molecule has 0 radical (unpaired) electrons. The van der Waals surface area contributed by atoms with E-state index in [2.05, 4.69) is 5.32 Å². The van der Waals surface area contributed by atoms with Crippen LogP contribution in [0.25, 0.3) is 0 Å². The van der Waals surface area contributed by atoms with Crippen LogP contribution in [-0.4, -0.2) is 17.8 Å². The van der Waals surface area contributed by atoms with E-state index in [1.165, 1.54) is 0 Å². The van der Waals surface area contributed by atoms with Crippen LogP contribution < -0.4 is 5.32 Å². The Morgan fingerprint density at radius 3 is 3.17 bits per heavy atom. The molecule has 1 aromatic carbocycles. The van der Waals surface area contributed by atoms with Crippen LogP contribution in [0, 0.1) is 0 Å². The summed E-state index contributed by atoms with van der Waals surface area (Å²) < 4.78 is 12.8. The molecule has 2 N–H and O–H groups in total. The molecule has 12 heavy (non-hydrogen) atoms. The average Bonchev–Trinajstić information content (AvgIpc) is 2.05. The maximum absolute atomic E-state index is 12.8. The fourth-order valence-electron chi connectivity index (χ4n) is 1.44. The van der Waals surface area contributed by atoms with Crippen LogP contribution >= 0.6 is 0 Å². The first kappa shape index (κ1) is 7.40. The molecular formula is C9H10FNO. The summed E-state index contributed by atoms with van der Waals surface area (Å²) in [7, 11) is 0. The number of hydrogen-bond donors (Lipinski definition) is 2. The minimum atomic E-state index is -0.804. The summed E-state index contributed by atoms with van der Waals surface area (Å²) in [5.74, 6) is 0.221. The summed E-state index contributed by atoms with van der Waals surface area (Å²) in [6.45, 7) is 0.344. The molecule has 1 aliphatic heterocycles. The van der Waals surface area contributed by atoms with Gasteiger partial charge in [-0.3, -0.25) is 0 Å². The molecule has 1 heterocycles. The van der Waals surface area contributed by atoms with Crippen molar-refractivity contribution in [3.05, 3.63) is 23.8 Å². The van der Waals surface area contributed by atoms with E-state index < -0.39 is 6.17 Å². The Hall–Kier alpha value is -1.25. The van der Waals surface area contributed by atoms with E-state index in [1.807, 2.05) is 0 Å². The van der Waals surface area contributed by atoms with Crippen LogP contribution in [0.5, 0.6) is 5.75 Å². The Balaban J connectivity index is 2.37. The number of fused-ring (bicyclic) bond motifs is 1. The van der Waals surface area contributed by atoms with Gasteiger partial charge in [0.25, 0.3) is 0 Å². The summed E-state index contributed by atoms with van der Waals surface area (Å²) >= 11 is 0. The van der Waals surface area contributed by atoms with Gasteiger partial charge in [0.05, 0.1) is 0 Å². The third-order valence-electron chi connectivity index (χ3n) is 2.05. The number of nitrogens with one attached hydrogen (secondary N) is 1. The highest BCUT2D eigenvalue weighted by atomic mass is 19.1. The largest absolute Gasteiger partial charge is 0.508 e. The zero-order valence-electron chi connectivity index (χ0n) is 6.55. The third-order valence-corrected chi connectivity index (χ3v) is 2.05. The Morgan fingerprint density at radius 1 is 1.50 bits per heavy atom. The molecule has 2 rings (SSSR count). The van der Waals surface area contributed by atoms with E-state index in [4.69, 9.17) is 5.11 Å². The molecule has 1 aliphatic rings. The van der Waals surface area contributed by atoms with Crippen LogP contribution in [0.3, 0.4) is 0 Å². The van der Waals surface area contributed by atoms with Crippen molar-refractivity contribution >= 4 is 5.69 Å². The molecule has 0 amide bonds. The van der Waals surface area contributed by atoms with E-state index in [1.54, 1.807) is 18.2 Å². The van der Waals surface area contributed by atoms with Crippen molar-refractivity contribution in [2.45, 2.75) is 12.6 Å². The van der Waals surface area contributed by atoms with Crippen molar-refractivity contribution in [3.8, 4) is 5.75 Å². The first-order chi connectivity index (χ1) is 5.75. The second-order valence-corrected chi connectivity index (χ2v) is 3.02. The minimum Gasteiger partial charge on any atom is -0.508 e. The smallest absolute Gasteiger partial charge is 0.121 e. The molecule has 64 valence electrons. The normalized spacial score (nSPS) is 21.2. The lowest BCUT2D eigenvalue weighted by molar-refractivity contribution is 0.341. The second-order valence-electron chi connectivity index (χ2n) is 3.02. The van der Waals surface area contributed by atoms with E-state index >= 15 is 0 Å². The van der Waals surface area contributed by atoms with Crippen molar-refractivity contribution in [3.63, 3.8) is 0 Å². The lowest BCUT2D eigenvalue weighted by Gasteiger charge is -2.20. The molecule has 1 unspecified atom stereocenters. The molecule has 3 heteroatoms. The highest BCUT2D eigenvalue weighted by Gasteiger charge is 2.16. The van der Waals surface area contributed by atoms with E-state index in [0.29, 0.717) is 13.0 Å². The molecule has 0 aliphatic carbocycles. The fraction of sp³-hybridized carbons (Fsp3) is 0.333. The van der Waals surface area contributed by atoms with E-state index in [-0.39, 0.29) is 5.75 Å². The van der Waals surface area contributed by atoms with Crippen molar-refractivity contribution in [2.24, 2.45) is 0 Å². The van der Waals surface area contributed by atoms with Gasteiger partial charge in [0.15, 0.2) is 0 Å². The molecular weight excluding hydrogens is 157 g/mol. The molecule has 0 saturated carbocycles. The van der Waals surface area contributed by atoms with Gasteiger partial charge in [0.1, 0.15) is 11.9 Å². The van der Waals surface area contributed by atoms with Crippen molar-refractivity contribution in [1.29, 1.82) is 0 Å². The molecule has 2 nitrogen and oxygen atoms in total. The van der Waals surface area contributed by atoms with Gasteiger partial charge in [0.2, 0.25) is 0 Å². The Kier molecular flexibility index (Phi) is 1.64. The number of hydrogen-bond acceptors (Lipinski definition) is 2. The topological polar surface area (TPSA) is 32.3 Å². The number of rotatable bonds is 0. The average molecular weight is 167 g/mol. The van der Waals surface area contributed by atoms with Crippen LogP contribution in [0.1, 0.15) is 5.56 Å². The van der Waals surface area contributed by atoms with E-state index in [9.17, 15) is 4.39 Å². The Bertz CT molecular complexity index is 301. The van der Waals surface area contributed by atoms with Crippen molar-refractivity contribution in [2.75, 3.05) is 11.9 Å². The SMILES string of the molecule is Oc1ccc2c(c1)NCC(F)C2. The van der Waals surface area contributed by atoms with Gasteiger partial charge in [-0.15, -0.1) is 0 Å². The predicted octanol–water partition coefficient (Wildman–Crippen LogP) is 1.70. The molecule has 0 bridgehead atoms. The number of halogens is 1. The van der Waals surface area contributed by atoms with Crippen LogP contribution in [0.4, 0.5) is 10.1 Å². The zero-order chi connectivity index (χ0) is 8.55. The van der Waals surface area contributed by atoms with Gasteiger partial charge < -0.3 is 10.4 Å². The molecule has 0 saturated heterocycles. The Labute approximate surface area is 70.0 Å². The van der Waals surface area contributed by atoms with Crippen LogP contribution in [0.15, 0.2) is 18.2 Å². The number of phenolic OH excluding ortho intramolecular Hbond substituents is 1. The quantitative estimate of drug-likeness (QED) is 0.616. The summed E-state index contributed by atoms with van der Waals surface area (Å²) in [6.07, 6.45) is -0.357. The number of alkyl halides is 1. The monoisotopic (exact) mass is 167 g/mol. The lowest BCUT2D eigenvalue weighted by Crippen LogP contribution is -2.23. The molecule has 0 spiro atoms. The second kappa shape index (κ2) is 2.66. The maximum atomic E-state index is 12.8. The Morgan fingerprint density at radius 2 is 2.33 bits per heavy atom. The summed E-state index contributed by atoms with van der Waals surface area (Å²) in [5.41, 5.74) is 1.79. The number of benzene rings is 1. The fourth-order valence-corrected chi connectivity index (χ4v) is 1.44. The first-order valence-electron chi connectivity index (χ1n) is 3.95. The third kappa shape index (κ3) is 1.22. The molecule has 1 aromatic rings. The standard InChI is InChI=1S/C9H10FNO/c10-7-3-6-1-2-8(12)4-9(6)11-5-7/h1-2,4,7,11-12H,3,5H2. The van der Waals surface area contributed by atoms with Crippen molar-refractivity contribution in [1.82, 2.24) is 0 Å². The van der Waals surface area contributed by atoms with Crippen LogP contribution in [0.2, 0.25) is 0 Å². The lowest BCUT2D eigenvalue weighted by atomic mass is 10.0. The highest BCUT2D eigenvalue weighted by molar-refractivity contribution is 5.56. The minimum absolute atomic E-state index is 0.221. The van der Waals surface area contributed by atoms with Crippen LogP contribution in [-0.2, 0) is 6.42 Å². The summed E-state index contributed by atoms with van der Waals surface area (Å²) in [4.78, 5) is 0. The van der Waals surface area contributed by atoms with Gasteiger partial charge in [-0.1, -0.05) is 6.07 Å². The van der Waals surface area contributed by atoms with Gasteiger partial charge in [0, 0.05) is 24.7 Å². The predicted molar refractivity (Wildman–Crippen MR) is 45.2 cm³/mol. The van der Waals surface area contributed by atoms with Crippen molar-refractivity contribution < 1.29 is 9.50 Å². The van der Waals surface area contributed by atoms with Gasteiger partial charge >= 0.3 is 0 Å². The van der Waals surface area contributed by atoms with Gasteiger partial charge in [-0.25, -0.2) is 4.39 Å². The highest BCUT2D eigenvalue weighted by Crippen LogP contribution is 2.26. The number of phenols is 1. The number of anilines is 1. The van der Waals surface area contributed by atoms with Gasteiger partial charge in [-0.05, 0) is 11.6 Å². The molecule has 0 aromatic heterocycles. The van der Waals surface area contributed by atoms with Gasteiger partial charge in [-0.2, -0.15) is 0 Å². The summed E-state index contributed by atoms with van der Waals surface area (Å²) in [5, 5.41) is 12.0. The molecule has 0 fully saturated rings. The molecule has 1 atom stereocenters. The summed E-state index contributed by atoms with van der Waals surface area (Å²) in [6, 6.07) is 4.96. The number of aromatic hydroxyl groups is 1. The maximum Gasteiger partial charge on any atom is 0.121 e.